The van der Waals surface area contributed by atoms with Gasteiger partial charge in [0.15, 0.2) is 0 Å². The fourth-order valence-electron chi connectivity index (χ4n) is 1.81. The number of nitrogens with zero attached hydrogens (tertiary/aromatic N) is 1. The molecule has 0 aliphatic carbocycles. The first-order chi connectivity index (χ1) is 10.4. The van der Waals surface area contributed by atoms with E-state index < -0.39 is 34.1 Å². The van der Waals surface area contributed by atoms with Crippen molar-refractivity contribution in [3.8, 4) is 0 Å². The maximum absolute atomic E-state index is 13.4. The van der Waals surface area contributed by atoms with E-state index in [2.05, 4.69) is 5.32 Å². The number of carbonyl (C=O) groups is 1. The summed E-state index contributed by atoms with van der Waals surface area (Å²) in [6.45, 7) is -0.126. The molecule has 116 valence electrons. The largest absolute Gasteiger partial charge is 0.393 e. The highest BCUT2D eigenvalue weighted by atomic mass is 32.1. The summed E-state index contributed by atoms with van der Waals surface area (Å²) in [6.07, 6.45) is -0.931. The number of amides is 1. The van der Waals surface area contributed by atoms with E-state index in [-0.39, 0.29) is 12.1 Å². The number of nitrogens with two attached hydrogens (primary N) is 1. The van der Waals surface area contributed by atoms with Gasteiger partial charge >= 0.3 is 0 Å². The van der Waals surface area contributed by atoms with Gasteiger partial charge in [-0.2, -0.15) is 11.3 Å². The minimum absolute atomic E-state index is 0.126. The minimum atomic E-state index is -0.940. The van der Waals surface area contributed by atoms with Crippen LogP contribution in [-0.2, 0) is 0 Å². The van der Waals surface area contributed by atoms with E-state index in [9.17, 15) is 24.4 Å². The Bertz CT molecular complexity index is 706. The number of halogens is 1. The molecular formula is C13H12FN3O4S. The number of hydrogen-bond donors (Lipinski definition) is 3. The van der Waals surface area contributed by atoms with Gasteiger partial charge < -0.3 is 16.2 Å². The number of nitro groups is 1. The first kappa shape index (κ1) is 15.9. The molecule has 2 rings (SSSR count). The number of rotatable bonds is 5. The molecule has 1 unspecified atom stereocenters. The molecule has 7 nitrogen and oxygen atoms in total. The quantitative estimate of drug-likeness (QED) is 0.440. The number of nitrogen functional groups attached to an aromatic ring is 1. The summed E-state index contributed by atoms with van der Waals surface area (Å²) in [4.78, 5) is 21.9. The van der Waals surface area contributed by atoms with Crippen LogP contribution in [0.25, 0.3) is 0 Å². The third-order valence-electron chi connectivity index (χ3n) is 2.95. The molecule has 1 atom stereocenters. The average molecular weight is 325 g/mol. The number of thiophene rings is 1. The Hall–Kier alpha value is -2.52. The van der Waals surface area contributed by atoms with E-state index in [4.69, 9.17) is 5.73 Å². The molecule has 4 N–H and O–H groups in total. The van der Waals surface area contributed by atoms with Crippen molar-refractivity contribution in [3.63, 3.8) is 0 Å². The Morgan fingerprint density at radius 2 is 2.27 bits per heavy atom. The molecule has 0 aliphatic rings. The molecule has 1 amide bonds. The van der Waals surface area contributed by atoms with Gasteiger partial charge in [-0.15, -0.1) is 0 Å². The molecule has 0 bridgehead atoms. The number of carbonyl (C=O) groups excluding carboxylic acids is 1. The molecule has 2 aromatic rings. The molecule has 0 spiro atoms. The van der Waals surface area contributed by atoms with Crippen LogP contribution in [0.1, 0.15) is 22.0 Å². The van der Waals surface area contributed by atoms with Crippen molar-refractivity contribution in [3.05, 3.63) is 56.0 Å². The third kappa shape index (κ3) is 3.38. The van der Waals surface area contributed by atoms with E-state index in [1.165, 1.54) is 11.3 Å². The normalized spacial score (nSPS) is 11.9. The molecule has 1 aromatic heterocycles. The summed E-state index contributed by atoms with van der Waals surface area (Å²) in [5.41, 5.74) is 4.71. The number of aliphatic hydroxyl groups is 1. The van der Waals surface area contributed by atoms with Crippen molar-refractivity contribution in [1.29, 1.82) is 0 Å². The molecule has 0 radical (unpaired) electrons. The van der Waals surface area contributed by atoms with Crippen LogP contribution in [0.2, 0.25) is 0 Å². The van der Waals surface area contributed by atoms with E-state index in [0.717, 1.165) is 6.07 Å². The van der Waals surface area contributed by atoms with Gasteiger partial charge in [-0.3, -0.25) is 14.9 Å². The van der Waals surface area contributed by atoms with Gasteiger partial charge in [0, 0.05) is 6.54 Å². The lowest BCUT2D eigenvalue weighted by atomic mass is 10.1. The van der Waals surface area contributed by atoms with E-state index in [1.807, 2.05) is 0 Å². The zero-order valence-electron chi connectivity index (χ0n) is 11.2. The van der Waals surface area contributed by atoms with Gasteiger partial charge in [0.1, 0.15) is 11.5 Å². The lowest BCUT2D eigenvalue weighted by Crippen LogP contribution is -2.29. The average Bonchev–Trinajstić information content (AvgIpc) is 3.00. The minimum Gasteiger partial charge on any atom is -0.393 e. The summed E-state index contributed by atoms with van der Waals surface area (Å²) in [7, 11) is 0. The predicted molar refractivity (Wildman–Crippen MR) is 79.1 cm³/mol. The zero-order valence-corrected chi connectivity index (χ0v) is 12.0. The highest BCUT2D eigenvalue weighted by Crippen LogP contribution is 2.26. The SMILES string of the molecule is Nc1c(C(=O)NCC(O)c2ccsc2)cc(F)cc1[N+](=O)[O-]. The molecular weight excluding hydrogens is 313 g/mol. The Morgan fingerprint density at radius 3 is 2.86 bits per heavy atom. The second-order valence-electron chi connectivity index (χ2n) is 4.43. The number of anilines is 1. The van der Waals surface area contributed by atoms with Gasteiger partial charge in [-0.25, -0.2) is 4.39 Å². The van der Waals surface area contributed by atoms with Crippen LogP contribution in [-0.4, -0.2) is 22.5 Å². The molecule has 0 saturated heterocycles. The highest BCUT2D eigenvalue weighted by molar-refractivity contribution is 7.07. The number of nitro benzene ring substituents is 1. The first-order valence-corrected chi connectivity index (χ1v) is 7.06. The van der Waals surface area contributed by atoms with Crippen LogP contribution < -0.4 is 11.1 Å². The van der Waals surface area contributed by atoms with Crippen molar-refractivity contribution >= 4 is 28.6 Å². The summed E-state index contributed by atoms with van der Waals surface area (Å²) in [6, 6.07) is 3.16. The van der Waals surface area contributed by atoms with Crippen molar-refractivity contribution in [2.75, 3.05) is 12.3 Å². The van der Waals surface area contributed by atoms with Crippen LogP contribution in [0.3, 0.4) is 0 Å². The molecule has 0 fully saturated rings. The number of benzene rings is 1. The Balaban J connectivity index is 2.14. The first-order valence-electron chi connectivity index (χ1n) is 6.12. The van der Waals surface area contributed by atoms with E-state index >= 15 is 0 Å². The predicted octanol–water partition coefficient (Wildman–Crippen LogP) is 1.84. The smallest absolute Gasteiger partial charge is 0.295 e. The summed E-state index contributed by atoms with van der Waals surface area (Å²) in [5.74, 6) is -1.74. The molecule has 22 heavy (non-hydrogen) atoms. The topological polar surface area (TPSA) is 118 Å². The fourth-order valence-corrected chi connectivity index (χ4v) is 2.52. The van der Waals surface area contributed by atoms with Gasteiger partial charge in [-0.05, 0) is 28.5 Å². The number of aliphatic hydroxyl groups excluding tert-OH is 1. The third-order valence-corrected chi connectivity index (χ3v) is 3.65. The monoisotopic (exact) mass is 325 g/mol. The number of nitrogens with one attached hydrogen (secondary N) is 1. The lowest BCUT2D eigenvalue weighted by molar-refractivity contribution is -0.384. The summed E-state index contributed by atoms with van der Waals surface area (Å²) >= 11 is 1.39. The van der Waals surface area contributed by atoms with Crippen LogP contribution in [0.4, 0.5) is 15.8 Å². The van der Waals surface area contributed by atoms with Crippen molar-refractivity contribution in [2.45, 2.75) is 6.10 Å². The maximum atomic E-state index is 13.4. The van der Waals surface area contributed by atoms with Crippen LogP contribution in [0.5, 0.6) is 0 Å². The van der Waals surface area contributed by atoms with E-state index in [0.29, 0.717) is 11.6 Å². The molecule has 1 aromatic carbocycles. The standard InChI is InChI=1S/C13H12FN3O4S/c14-8-3-9(12(15)10(4-8)17(20)21)13(19)16-5-11(18)7-1-2-22-6-7/h1-4,6,11,18H,5,15H2,(H,16,19). The molecule has 1 heterocycles. The summed E-state index contributed by atoms with van der Waals surface area (Å²) in [5, 5.41) is 26.5. The number of hydrogen-bond acceptors (Lipinski definition) is 6. The Labute approximate surface area is 128 Å². The van der Waals surface area contributed by atoms with Crippen molar-refractivity contribution < 1.29 is 19.2 Å². The summed E-state index contributed by atoms with van der Waals surface area (Å²) < 4.78 is 13.4. The fraction of sp³-hybridized carbons (Fsp3) is 0.154. The Morgan fingerprint density at radius 1 is 1.55 bits per heavy atom. The van der Waals surface area contributed by atoms with Gasteiger partial charge in [0.2, 0.25) is 0 Å². The van der Waals surface area contributed by atoms with Crippen LogP contribution in [0.15, 0.2) is 29.0 Å². The molecule has 0 aliphatic heterocycles. The van der Waals surface area contributed by atoms with Crippen LogP contribution >= 0.6 is 11.3 Å². The van der Waals surface area contributed by atoms with Gasteiger partial charge in [0.05, 0.1) is 22.7 Å². The second kappa shape index (κ2) is 6.50. The van der Waals surface area contributed by atoms with Crippen molar-refractivity contribution in [1.82, 2.24) is 5.32 Å². The molecule has 0 saturated carbocycles. The second-order valence-corrected chi connectivity index (χ2v) is 5.21. The maximum Gasteiger partial charge on any atom is 0.295 e. The highest BCUT2D eigenvalue weighted by Gasteiger charge is 2.22. The van der Waals surface area contributed by atoms with E-state index in [1.54, 1.807) is 16.8 Å². The molecule has 9 heteroatoms. The van der Waals surface area contributed by atoms with Crippen LogP contribution in [0, 0.1) is 15.9 Å². The lowest BCUT2D eigenvalue weighted by Gasteiger charge is -2.12. The Kier molecular flexibility index (Phi) is 4.68. The van der Waals surface area contributed by atoms with Gasteiger partial charge in [-0.1, -0.05) is 0 Å². The zero-order chi connectivity index (χ0) is 16.3. The van der Waals surface area contributed by atoms with Gasteiger partial charge in [0.25, 0.3) is 11.6 Å². The van der Waals surface area contributed by atoms with Crippen molar-refractivity contribution in [2.24, 2.45) is 0 Å².